The molecule has 39 heavy (non-hydrogen) atoms. The average Bonchev–Trinajstić information content (AvgIpc) is 3.23. The first-order chi connectivity index (χ1) is 18.9. The van der Waals surface area contributed by atoms with Crippen LogP contribution in [-0.2, 0) is 4.79 Å². The van der Waals surface area contributed by atoms with Gasteiger partial charge in [0.1, 0.15) is 0 Å². The number of nitrogens with zero attached hydrogens (tertiary/aromatic N) is 2. The molecule has 3 aromatic carbocycles. The number of thiazole rings is 1. The molecule has 0 bridgehead atoms. The third-order valence-corrected chi connectivity index (χ3v) is 7.10. The number of hydrogen-bond acceptors (Lipinski definition) is 6. The molecule has 10 heteroatoms. The van der Waals surface area contributed by atoms with Crippen molar-refractivity contribution >= 4 is 29.0 Å². The van der Waals surface area contributed by atoms with Crippen molar-refractivity contribution in [2.45, 2.75) is 19.6 Å². The van der Waals surface area contributed by atoms with Gasteiger partial charge >= 0.3 is 6.61 Å². The van der Waals surface area contributed by atoms with Crippen molar-refractivity contribution in [3.63, 3.8) is 0 Å². The van der Waals surface area contributed by atoms with E-state index in [1.54, 1.807) is 31.2 Å². The van der Waals surface area contributed by atoms with Crippen LogP contribution in [0.15, 0.2) is 99.9 Å². The van der Waals surface area contributed by atoms with E-state index in [-0.39, 0.29) is 23.0 Å². The first kappa shape index (κ1) is 26.1. The van der Waals surface area contributed by atoms with E-state index in [4.69, 9.17) is 4.74 Å². The van der Waals surface area contributed by atoms with E-state index in [9.17, 15) is 18.4 Å². The molecule has 5 rings (SSSR count). The van der Waals surface area contributed by atoms with Gasteiger partial charge in [-0.3, -0.25) is 14.2 Å². The molecule has 1 aliphatic rings. The quantitative estimate of drug-likeness (QED) is 0.370. The van der Waals surface area contributed by atoms with Crippen LogP contribution in [0.3, 0.4) is 0 Å². The van der Waals surface area contributed by atoms with E-state index < -0.39 is 12.7 Å². The monoisotopic (exact) mass is 547 g/mol. The summed E-state index contributed by atoms with van der Waals surface area (Å²) in [5.74, 6) is -0.362. The summed E-state index contributed by atoms with van der Waals surface area (Å²) < 4.78 is 37.0. The lowest BCUT2D eigenvalue weighted by Crippen LogP contribution is -2.40. The molecule has 0 aliphatic carbocycles. The number of alkyl halides is 2. The summed E-state index contributed by atoms with van der Waals surface area (Å²) in [6, 6.07) is 22.1. The van der Waals surface area contributed by atoms with Crippen LogP contribution in [0.5, 0.6) is 11.5 Å². The maximum Gasteiger partial charge on any atom is 0.387 e. The largest absolute Gasteiger partial charge is 0.493 e. The third-order valence-electron chi connectivity index (χ3n) is 6.11. The number of aromatic nitrogens is 1. The fraction of sp³-hybridized carbons (Fsp3) is 0.138. The number of methoxy groups -OCH3 is 1. The Morgan fingerprint density at radius 1 is 1.05 bits per heavy atom. The SMILES string of the molecule is COc1cc(C=c2sc3n(c2=O)C(c2ccccc2)C(C(=O)Nc2ccccc2)=C(C)N=3)ccc1OC(F)F. The number of anilines is 1. The van der Waals surface area contributed by atoms with Crippen molar-refractivity contribution in [1.29, 1.82) is 0 Å². The number of carbonyl (C=O) groups excluding carboxylic acids is 1. The van der Waals surface area contributed by atoms with Crippen molar-refractivity contribution in [2.24, 2.45) is 4.99 Å². The number of nitrogens with one attached hydrogen (secondary N) is 1. The second kappa shape index (κ2) is 11.0. The number of allylic oxidation sites excluding steroid dienone is 1. The minimum Gasteiger partial charge on any atom is -0.493 e. The summed E-state index contributed by atoms with van der Waals surface area (Å²) >= 11 is 1.18. The molecule has 0 spiro atoms. The van der Waals surface area contributed by atoms with Crippen molar-refractivity contribution in [1.82, 2.24) is 4.57 Å². The van der Waals surface area contributed by atoms with Crippen molar-refractivity contribution in [3.05, 3.63) is 121 Å². The number of para-hydroxylation sites is 1. The Kier molecular flexibility index (Phi) is 7.38. The molecule has 1 amide bonds. The number of hydrogen-bond donors (Lipinski definition) is 1. The summed E-state index contributed by atoms with van der Waals surface area (Å²) in [5.41, 5.74) is 2.46. The lowest BCUT2D eigenvalue weighted by atomic mass is 9.95. The standard InChI is InChI=1S/C29H23F2N3O4S/c1-17-24(26(35)33-20-11-7-4-8-12-20)25(19-9-5-3-6-10-19)34-27(36)23(39-29(34)32-17)16-18-13-14-21(38-28(30)31)22(15-18)37-2/h3-16,25,28H,1-2H3,(H,33,35). The Labute approximate surface area is 226 Å². The fourth-order valence-corrected chi connectivity index (χ4v) is 5.45. The summed E-state index contributed by atoms with van der Waals surface area (Å²) in [6.07, 6.45) is 1.63. The Morgan fingerprint density at radius 3 is 2.41 bits per heavy atom. The second-order valence-corrected chi connectivity index (χ2v) is 9.61. The first-order valence-electron chi connectivity index (χ1n) is 11.9. The Morgan fingerprint density at radius 2 is 1.74 bits per heavy atom. The molecule has 1 N–H and O–H groups in total. The van der Waals surface area contributed by atoms with E-state index in [1.165, 1.54) is 35.1 Å². The summed E-state index contributed by atoms with van der Waals surface area (Å²) in [5, 5.41) is 2.91. The van der Waals surface area contributed by atoms with Gasteiger partial charge < -0.3 is 14.8 Å². The molecule has 1 aromatic heterocycles. The highest BCUT2D eigenvalue weighted by atomic mass is 32.1. The molecule has 2 heterocycles. The van der Waals surface area contributed by atoms with Crippen molar-refractivity contribution < 1.29 is 23.0 Å². The van der Waals surface area contributed by atoms with E-state index in [0.717, 1.165) is 5.56 Å². The van der Waals surface area contributed by atoms with Crippen LogP contribution >= 0.6 is 11.3 Å². The Hall–Kier alpha value is -4.57. The smallest absolute Gasteiger partial charge is 0.387 e. The Balaban J connectivity index is 1.62. The van der Waals surface area contributed by atoms with E-state index in [0.29, 0.717) is 31.9 Å². The molecule has 0 saturated carbocycles. The van der Waals surface area contributed by atoms with Crippen LogP contribution in [0.4, 0.5) is 14.5 Å². The highest BCUT2D eigenvalue weighted by Crippen LogP contribution is 2.31. The van der Waals surface area contributed by atoms with Crippen LogP contribution in [0.25, 0.3) is 6.08 Å². The molecule has 0 fully saturated rings. The maximum atomic E-state index is 13.8. The van der Waals surface area contributed by atoms with Gasteiger partial charge in [-0.1, -0.05) is 65.9 Å². The Bertz CT molecular complexity index is 1730. The average molecular weight is 548 g/mol. The number of benzene rings is 3. The topological polar surface area (TPSA) is 81.9 Å². The van der Waals surface area contributed by atoms with Gasteiger partial charge in [0.2, 0.25) is 0 Å². The zero-order valence-electron chi connectivity index (χ0n) is 20.9. The predicted molar refractivity (Wildman–Crippen MR) is 145 cm³/mol. The lowest BCUT2D eigenvalue weighted by Gasteiger charge is -2.25. The lowest BCUT2D eigenvalue weighted by molar-refractivity contribution is -0.113. The molecule has 0 saturated heterocycles. The van der Waals surface area contributed by atoms with Gasteiger partial charge in [0.25, 0.3) is 11.5 Å². The predicted octanol–water partition coefficient (Wildman–Crippen LogP) is 4.48. The van der Waals surface area contributed by atoms with Gasteiger partial charge in [-0.25, -0.2) is 4.99 Å². The van der Waals surface area contributed by atoms with Gasteiger partial charge in [0.15, 0.2) is 16.3 Å². The fourth-order valence-electron chi connectivity index (χ4n) is 4.40. The number of rotatable bonds is 7. The van der Waals surface area contributed by atoms with Crippen LogP contribution in [0.1, 0.15) is 24.1 Å². The summed E-state index contributed by atoms with van der Waals surface area (Å²) in [4.78, 5) is 32.4. The number of carbonyl (C=O) groups is 1. The van der Waals surface area contributed by atoms with Gasteiger partial charge in [-0.05, 0) is 48.4 Å². The van der Waals surface area contributed by atoms with Crippen LogP contribution in [0, 0.1) is 0 Å². The highest BCUT2D eigenvalue weighted by molar-refractivity contribution is 7.07. The molecular weight excluding hydrogens is 524 g/mol. The van der Waals surface area contributed by atoms with Crippen LogP contribution in [-0.4, -0.2) is 24.2 Å². The number of amides is 1. The van der Waals surface area contributed by atoms with E-state index in [1.807, 2.05) is 48.5 Å². The molecule has 4 aromatic rings. The zero-order valence-corrected chi connectivity index (χ0v) is 21.7. The minimum atomic E-state index is -3.00. The molecule has 7 nitrogen and oxygen atoms in total. The normalized spacial score (nSPS) is 15.1. The summed E-state index contributed by atoms with van der Waals surface area (Å²) in [6.45, 7) is -1.25. The molecule has 198 valence electrons. The maximum absolute atomic E-state index is 13.8. The van der Waals surface area contributed by atoms with Crippen LogP contribution < -0.4 is 29.7 Å². The summed E-state index contributed by atoms with van der Waals surface area (Å²) in [7, 11) is 1.34. The highest BCUT2D eigenvalue weighted by Gasteiger charge is 2.32. The number of halogens is 2. The number of fused-ring (bicyclic) bond motifs is 1. The number of ether oxygens (including phenoxy) is 2. The molecule has 1 aliphatic heterocycles. The molecular formula is C29H23F2N3O4S. The second-order valence-electron chi connectivity index (χ2n) is 8.60. The van der Waals surface area contributed by atoms with E-state index >= 15 is 0 Å². The van der Waals surface area contributed by atoms with Gasteiger partial charge in [-0.15, -0.1) is 0 Å². The minimum absolute atomic E-state index is 0.106. The van der Waals surface area contributed by atoms with Gasteiger partial charge in [-0.2, -0.15) is 8.78 Å². The molecule has 0 radical (unpaired) electrons. The molecule has 1 unspecified atom stereocenters. The van der Waals surface area contributed by atoms with E-state index in [2.05, 4.69) is 15.0 Å². The zero-order chi connectivity index (χ0) is 27.5. The van der Waals surface area contributed by atoms with Crippen molar-refractivity contribution in [2.75, 3.05) is 12.4 Å². The third kappa shape index (κ3) is 5.37. The first-order valence-corrected chi connectivity index (χ1v) is 12.7. The van der Waals surface area contributed by atoms with Gasteiger partial charge in [0, 0.05) is 5.69 Å². The van der Waals surface area contributed by atoms with Crippen molar-refractivity contribution in [3.8, 4) is 11.5 Å². The van der Waals surface area contributed by atoms with Crippen LogP contribution in [0.2, 0.25) is 0 Å². The van der Waals surface area contributed by atoms with Gasteiger partial charge in [0.05, 0.1) is 29.0 Å². The molecule has 1 atom stereocenters.